The van der Waals surface area contributed by atoms with Crippen molar-refractivity contribution in [3.8, 4) is 0 Å². The molecule has 84 valence electrons. The standard InChI is InChI=1S/C11H14F3N/c1-8(7-15)10-4-2-3-9(5-10)6-11(12,13)14/h2-5,8H,6-7,15H2,1H3/t8-/m0/s1. The highest BCUT2D eigenvalue weighted by Gasteiger charge is 2.27. The highest BCUT2D eigenvalue weighted by atomic mass is 19.4. The lowest BCUT2D eigenvalue weighted by Crippen LogP contribution is -2.13. The first-order valence-corrected chi connectivity index (χ1v) is 4.78. The average molecular weight is 217 g/mol. The van der Waals surface area contributed by atoms with Crippen molar-refractivity contribution in [2.24, 2.45) is 5.73 Å². The Morgan fingerprint density at radius 1 is 1.33 bits per heavy atom. The number of hydrogen-bond donors (Lipinski definition) is 1. The molecule has 0 amide bonds. The van der Waals surface area contributed by atoms with Gasteiger partial charge in [0.25, 0.3) is 0 Å². The van der Waals surface area contributed by atoms with Crippen molar-refractivity contribution >= 4 is 0 Å². The Kier molecular flexibility index (Phi) is 3.74. The van der Waals surface area contributed by atoms with Crippen molar-refractivity contribution in [3.05, 3.63) is 35.4 Å². The maximum atomic E-state index is 12.1. The van der Waals surface area contributed by atoms with Crippen LogP contribution in [0.1, 0.15) is 24.0 Å². The van der Waals surface area contributed by atoms with E-state index >= 15 is 0 Å². The van der Waals surface area contributed by atoms with E-state index in [4.69, 9.17) is 5.73 Å². The van der Waals surface area contributed by atoms with E-state index in [-0.39, 0.29) is 5.92 Å². The van der Waals surface area contributed by atoms with Crippen LogP contribution in [-0.4, -0.2) is 12.7 Å². The minimum atomic E-state index is -4.15. The molecule has 0 saturated heterocycles. The zero-order valence-corrected chi connectivity index (χ0v) is 8.51. The fraction of sp³-hybridized carbons (Fsp3) is 0.455. The van der Waals surface area contributed by atoms with E-state index in [0.717, 1.165) is 5.56 Å². The van der Waals surface area contributed by atoms with Crippen molar-refractivity contribution in [2.45, 2.75) is 25.4 Å². The molecule has 1 nitrogen and oxygen atoms in total. The largest absolute Gasteiger partial charge is 0.393 e. The molecule has 1 atom stereocenters. The maximum absolute atomic E-state index is 12.1. The molecule has 1 aromatic rings. The van der Waals surface area contributed by atoms with Gasteiger partial charge >= 0.3 is 6.18 Å². The smallest absolute Gasteiger partial charge is 0.330 e. The van der Waals surface area contributed by atoms with Gasteiger partial charge in [-0.05, 0) is 23.6 Å². The second kappa shape index (κ2) is 4.66. The third-order valence-corrected chi connectivity index (χ3v) is 2.28. The number of hydrogen-bond acceptors (Lipinski definition) is 1. The Morgan fingerprint density at radius 2 is 2.00 bits per heavy atom. The summed E-state index contributed by atoms with van der Waals surface area (Å²) in [4.78, 5) is 0. The van der Waals surface area contributed by atoms with Gasteiger partial charge in [0.2, 0.25) is 0 Å². The van der Waals surface area contributed by atoms with Crippen LogP contribution in [0.3, 0.4) is 0 Å². The highest BCUT2D eigenvalue weighted by Crippen LogP contribution is 2.23. The molecule has 1 aromatic carbocycles. The highest BCUT2D eigenvalue weighted by molar-refractivity contribution is 5.26. The van der Waals surface area contributed by atoms with Gasteiger partial charge in [-0.15, -0.1) is 0 Å². The van der Waals surface area contributed by atoms with Crippen molar-refractivity contribution < 1.29 is 13.2 Å². The molecule has 0 fully saturated rings. The topological polar surface area (TPSA) is 26.0 Å². The lowest BCUT2D eigenvalue weighted by molar-refractivity contribution is -0.127. The van der Waals surface area contributed by atoms with E-state index in [1.807, 2.05) is 6.92 Å². The zero-order chi connectivity index (χ0) is 11.5. The van der Waals surface area contributed by atoms with Gasteiger partial charge in [0.05, 0.1) is 6.42 Å². The van der Waals surface area contributed by atoms with Crippen LogP contribution in [-0.2, 0) is 6.42 Å². The molecule has 0 saturated carbocycles. The van der Waals surface area contributed by atoms with E-state index in [1.165, 1.54) is 6.07 Å². The molecular formula is C11H14F3N. The molecule has 0 spiro atoms. The van der Waals surface area contributed by atoms with Crippen LogP contribution in [0, 0.1) is 0 Å². The van der Waals surface area contributed by atoms with Gasteiger partial charge in [-0.1, -0.05) is 31.2 Å². The number of rotatable bonds is 3. The fourth-order valence-electron chi connectivity index (χ4n) is 1.38. The molecular weight excluding hydrogens is 203 g/mol. The summed E-state index contributed by atoms with van der Waals surface area (Å²) in [6.45, 7) is 2.34. The summed E-state index contributed by atoms with van der Waals surface area (Å²) in [5.41, 5.74) is 6.61. The number of benzene rings is 1. The number of halogens is 3. The molecule has 0 aliphatic rings. The second-order valence-corrected chi connectivity index (χ2v) is 3.67. The molecule has 0 aliphatic heterocycles. The fourth-order valence-corrected chi connectivity index (χ4v) is 1.38. The minimum absolute atomic E-state index is 0.0955. The molecule has 1 rings (SSSR count). The summed E-state index contributed by atoms with van der Waals surface area (Å²) in [6, 6.07) is 6.51. The monoisotopic (exact) mass is 217 g/mol. The molecule has 0 aliphatic carbocycles. The van der Waals surface area contributed by atoms with Crippen molar-refractivity contribution in [3.63, 3.8) is 0 Å². The minimum Gasteiger partial charge on any atom is -0.330 e. The van der Waals surface area contributed by atoms with Crippen LogP contribution in [0.5, 0.6) is 0 Å². The van der Waals surface area contributed by atoms with Crippen molar-refractivity contribution in [1.29, 1.82) is 0 Å². The van der Waals surface area contributed by atoms with Gasteiger partial charge in [-0.2, -0.15) is 13.2 Å². The molecule has 4 heteroatoms. The van der Waals surface area contributed by atoms with Crippen LogP contribution in [0.15, 0.2) is 24.3 Å². The molecule has 0 bridgehead atoms. The maximum Gasteiger partial charge on any atom is 0.393 e. The Balaban J connectivity index is 2.83. The number of nitrogens with two attached hydrogens (primary N) is 1. The first-order chi connectivity index (χ1) is 6.92. The lowest BCUT2D eigenvalue weighted by atomic mass is 9.98. The van der Waals surface area contributed by atoms with E-state index in [1.54, 1.807) is 18.2 Å². The van der Waals surface area contributed by atoms with E-state index in [0.29, 0.717) is 12.1 Å². The SMILES string of the molecule is C[C@@H](CN)c1cccc(CC(F)(F)F)c1. The Bertz CT molecular complexity index is 320. The van der Waals surface area contributed by atoms with Gasteiger partial charge in [0.1, 0.15) is 0 Å². The van der Waals surface area contributed by atoms with Gasteiger partial charge in [-0.25, -0.2) is 0 Å². The molecule has 2 N–H and O–H groups in total. The predicted octanol–water partition coefficient (Wildman–Crippen LogP) is 2.85. The van der Waals surface area contributed by atoms with E-state index in [9.17, 15) is 13.2 Å². The Hall–Kier alpha value is -1.03. The van der Waals surface area contributed by atoms with Crippen LogP contribution < -0.4 is 5.73 Å². The van der Waals surface area contributed by atoms with E-state index in [2.05, 4.69) is 0 Å². The summed E-state index contributed by atoms with van der Waals surface area (Å²) in [5, 5.41) is 0. The van der Waals surface area contributed by atoms with Gasteiger partial charge in [0, 0.05) is 0 Å². The predicted molar refractivity (Wildman–Crippen MR) is 53.7 cm³/mol. The Morgan fingerprint density at radius 3 is 2.53 bits per heavy atom. The first-order valence-electron chi connectivity index (χ1n) is 4.78. The van der Waals surface area contributed by atoms with E-state index < -0.39 is 12.6 Å². The molecule has 15 heavy (non-hydrogen) atoms. The normalized spacial score (nSPS) is 13.9. The second-order valence-electron chi connectivity index (χ2n) is 3.67. The Labute approximate surface area is 87.1 Å². The molecule has 0 heterocycles. The summed E-state index contributed by atoms with van der Waals surface area (Å²) in [7, 11) is 0. The summed E-state index contributed by atoms with van der Waals surface area (Å²) in [5.74, 6) is 0.0955. The van der Waals surface area contributed by atoms with Crippen LogP contribution in [0.4, 0.5) is 13.2 Å². The summed E-state index contributed by atoms with van der Waals surface area (Å²) in [6.07, 6.45) is -5.03. The van der Waals surface area contributed by atoms with Gasteiger partial charge in [0.15, 0.2) is 0 Å². The third-order valence-electron chi connectivity index (χ3n) is 2.28. The summed E-state index contributed by atoms with van der Waals surface area (Å²) < 4.78 is 36.4. The van der Waals surface area contributed by atoms with Crippen LogP contribution >= 0.6 is 0 Å². The van der Waals surface area contributed by atoms with Crippen LogP contribution in [0.25, 0.3) is 0 Å². The summed E-state index contributed by atoms with van der Waals surface area (Å²) >= 11 is 0. The van der Waals surface area contributed by atoms with Gasteiger partial charge < -0.3 is 5.73 Å². The number of alkyl halides is 3. The zero-order valence-electron chi connectivity index (χ0n) is 8.51. The molecule has 0 unspecified atom stereocenters. The van der Waals surface area contributed by atoms with Crippen LogP contribution in [0.2, 0.25) is 0 Å². The van der Waals surface area contributed by atoms with Crippen molar-refractivity contribution in [1.82, 2.24) is 0 Å². The third kappa shape index (κ3) is 3.91. The molecule has 0 radical (unpaired) electrons. The average Bonchev–Trinajstić information content (AvgIpc) is 2.14. The first kappa shape index (κ1) is 12.0. The van der Waals surface area contributed by atoms with Crippen molar-refractivity contribution in [2.75, 3.05) is 6.54 Å². The quantitative estimate of drug-likeness (QED) is 0.827. The molecule has 0 aromatic heterocycles. The lowest BCUT2D eigenvalue weighted by Gasteiger charge is -2.11. The van der Waals surface area contributed by atoms with Gasteiger partial charge in [-0.3, -0.25) is 0 Å².